The quantitative estimate of drug-likeness (QED) is 0.799. The van der Waals surface area contributed by atoms with Crippen molar-refractivity contribution in [1.29, 1.82) is 0 Å². The molecule has 0 aromatic heterocycles. The number of aliphatic hydroxyl groups is 1. The Labute approximate surface area is 114 Å². The molecule has 0 radical (unpaired) electrons. The van der Waals surface area contributed by atoms with Gasteiger partial charge >= 0.3 is 0 Å². The van der Waals surface area contributed by atoms with Crippen molar-refractivity contribution in [1.82, 2.24) is 10.2 Å². The normalized spacial score (nSPS) is 14.0. The highest BCUT2D eigenvalue weighted by Crippen LogP contribution is 2.18. The SMILES string of the molecule is COc1cccc(C(O)CNC(=O)[C@H](C)N(C)C)c1. The van der Waals surface area contributed by atoms with Crippen molar-refractivity contribution in [2.75, 3.05) is 27.7 Å². The first-order valence-corrected chi connectivity index (χ1v) is 6.22. The molecular weight excluding hydrogens is 244 g/mol. The van der Waals surface area contributed by atoms with Gasteiger partial charge in [0.25, 0.3) is 0 Å². The molecule has 0 aliphatic rings. The third-order valence-electron chi connectivity index (χ3n) is 3.10. The van der Waals surface area contributed by atoms with Gasteiger partial charge in [-0.15, -0.1) is 0 Å². The summed E-state index contributed by atoms with van der Waals surface area (Å²) >= 11 is 0. The van der Waals surface area contributed by atoms with Gasteiger partial charge in [-0.05, 0) is 38.7 Å². The third kappa shape index (κ3) is 4.54. The molecule has 106 valence electrons. The predicted octanol–water partition coefficient (Wildman–Crippen LogP) is 0.795. The van der Waals surface area contributed by atoms with Gasteiger partial charge in [-0.3, -0.25) is 9.69 Å². The van der Waals surface area contributed by atoms with Crippen LogP contribution in [0, 0.1) is 0 Å². The Balaban J connectivity index is 2.55. The minimum absolute atomic E-state index is 0.105. The molecule has 1 unspecified atom stereocenters. The van der Waals surface area contributed by atoms with Crippen LogP contribution in [0.4, 0.5) is 0 Å². The number of likely N-dealkylation sites (N-methyl/N-ethyl adjacent to an activating group) is 1. The Morgan fingerprint density at radius 3 is 2.74 bits per heavy atom. The summed E-state index contributed by atoms with van der Waals surface area (Å²) in [6.07, 6.45) is -0.742. The largest absolute Gasteiger partial charge is 0.497 e. The molecule has 0 saturated carbocycles. The van der Waals surface area contributed by atoms with E-state index in [9.17, 15) is 9.90 Å². The zero-order valence-electron chi connectivity index (χ0n) is 11.9. The minimum Gasteiger partial charge on any atom is -0.497 e. The van der Waals surface area contributed by atoms with Gasteiger partial charge in [0.15, 0.2) is 0 Å². The van der Waals surface area contributed by atoms with E-state index in [2.05, 4.69) is 5.32 Å². The lowest BCUT2D eigenvalue weighted by Crippen LogP contribution is -2.42. The summed E-state index contributed by atoms with van der Waals surface area (Å²) in [5, 5.41) is 12.8. The average molecular weight is 266 g/mol. The lowest BCUT2D eigenvalue weighted by molar-refractivity contribution is -0.125. The summed E-state index contributed by atoms with van der Waals surface area (Å²) in [4.78, 5) is 13.6. The van der Waals surface area contributed by atoms with E-state index in [1.165, 1.54) is 0 Å². The number of rotatable bonds is 6. The molecule has 1 amide bonds. The second kappa shape index (κ2) is 7.11. The molecule has 5 heteroatoms. The van der Waals surface area contributed by atoms with Crippen LogP contribution in [-0.2, 0) is 4.79 Å². The second-order valence-corrected chi connectivity index (χ2v) is 4.68. The lowest BCUT2D eigenvalue weighted by Gasteiger charge is -2.20. The number of nitrogens with one attached hydrogen (secondary N) is 1. The smallest absolute Gasteiger partial charge is 0.237 e. The van der Waals surface area contributed by atoms with E-state index in [4.69, 9.17) is 4.74 Å². The van der Waals surface area contributed by atoms with Crippen LogP contribution in [0.25, 0.3) is 0 Å². The maximum Gasteiger partial charge on any atom is 0.237 e. The summed E-state index contributed by atoms with van der Waals surface area (Å²) in [6, 6.07) is 6.95. The number of benzene rings is 1. The Morgan fingerprint density at radius 1 is 1.47 bits per heavy atom. The summed E-state index contributed by atoms with van der Waals surface area (Å²) in [5.41, 5.74) is 0.720. The number of aliphatic hydroxyl groups excluding tert-OH is 1. The zero-order valence-corrected chi connectivity index (χ0v) is 11.9. The molecule has 0 heterocycles. The molecule has 2 N–H and O–H groups in total. The highest BCUT2D eigenvalue weighted by Gasteiger charge is 2.16. The van der Waals surface area contributed by atoms with Crippen LogP contribution in [0.15, 0.2) is 24.3 Å². The average Bonchev–Trinajstić information content (AvgIpc) is 2.43. The summed E-state index contributed by atoms with van der Waals surface area (Å²) in [7, 11) is 5.25. The molecular formula is C14H22N2O3. The van der Waals surface area contributed by atoms with Crippen molar-refractivity contribution < 1.29 is 14.6 Å². The monoisotopic (exact) mass is 266 g/mol. The van der Waals surface area contributed by atoms with Crippen LogP contribution in [0.3, 0.4) is 0 Å². The van der Waals surface area contributed by atoms with Crippen molar-refractivity contribution in [2.45, 2.75) is 19.1 Å². The maximum atomic E-state index is 11.8. The molecule has 1 aromatic rings. The van der Waals surface area contributed by atoms with Crippen molar-refractivity contribution in [3.63, 3.8) is 0 Å². The molecule has 0 fully saturated rings. The van der Waals surface area contributed by atoms with Crippen LogP contribution < -0.4 is 10.1 Å². The first-order valence-electron chi connectivity index (χ1n) is 6.22. The molecule has 0 aliphatic carbocycles. The van der Waals surface area contributed by atoms with Gasteiger partial charge in [0.05, 0.1) is 19.3 Å². The van der Waals surface area contributed by atoms with E-state index in [1.54, 1.807) is 19.2 Å². The van der Waals surface area contributed by atoms with Gasteiger partial charge in [0.2, 0.25) is 5.91 Å². The van der Waals surface area contributed by atoms with Crippen molar-refractivity contribution >= 4 is 5.91 Å². The van der Waals surface area contributed by atoms with Gasteiger partial charge in [-0.25, -0.2) is 0 Å². The van der Waals surface area contributed by atoms with Crippen molar-refractivity contribution in [2.24, 2.45) is 0 Å². The van der Waals surface area contributed by atoms with Gasteiger partial charge in [0.1, 0.15) is 5.75 Å². The van der Waals surface area contributed by atoms with Crippen molar-refractivity contribution in [3.05, 3.63) is 29.8 Å². The van der Waals surface area contributed by atoms with E-state index in [0.29, 0.717) is 5.75 Å². The predicted molar refractivity (Wildman–Crippen MR) is 74.1 cm³/mol. The number of hydrogen-bond acceptors (Lipinski definition) is 4. The first-order chi connectivity index (χ1) is 8.95. The van der Waals surface area contributed by atoms with E-state index in [0.717, 1.165) is 5.56 Å². The summed E-state index contributed by atoms with van der Waals surface area (Å²) in [5.74, 6) is 0.580. The molecule has 0 saturated heterocycles. The van der Waals surface area contributed by atoms with E-state index in [1.807, 2.05) is 38.1 Å². The fourth-order valence-corrected chi connectivity index (χ4v) is 1.55. The van der Waals surface area contributed by atoms with Crippen LogP contribution >= 0.6 is 0 Å². The number of amides is 1. The van der Waals surface area contributed by atoms with Crippen molar-refractivity contribution in [3.8, 4) is 5.75 Å². The Bertz CT molecular complexity index is 421. The fraction of sp³-hybridized carbons (Fsp3) is 0.500. The third-order valence-corrected chi connectivity index (χ3v) is 3.10. The molecule has 0 bridgehead atoms. The van der Waals surface area contributed by atoms with Crippen LogP contribution in [-0.4, -0.2) is 49.7 Å². The topological polar surface area (TPSA) is 61.8 Å². The highest BCUT2D eigenvalue weighted by atomic mass is 16.5. The minimum atomic E-state index is -0.742. The molecule has 19 heavy (non-hydrogen) atoms. The van der Waals surface area contributed by atoms with E-state index < -0.39 is 6.10 Å². The summed E-state index contributed by atoms with van der Waals surface area (Å²) < 4.78 is 5.10. The number of methoxy groups -OCH3 is 1. The molecule has 0 spiro atoms. The second-order valence-electron chi connectivity index (χ2n) is 4.68. The van der Waals surface area contributed by atoms with Gasteiger partial charge in [-0.1, -0.05) is 12.1 Å². The lowest BCUT2D eigenvalue weighted by atomic mass is 10.1. The molecule has 2 atom stereocenters. The Hall–Kier alpha value is -1.59. The molecule has 0 aliphatic heterocycles. The van der Waals surface area contributed by atoms with Crippen LogP contribution in [0.1, 0.15) is 18.6 Å². The standard InChI is InChI=1S/C14H22N2O3/c1-10(16(2)3)14(18)15-9-13(17)11-6-5-7-12(8-11)19-4/h5-8,10,13,17H,9H2,1-4H3,(H,15,18)/t10-,13?/m0/s1. The van der Waals surface area contributed by atoms with Gasteiger partial charge in [0, 0.05) is 6.54 Å². The first kappa shape index (κ1) is 15.5. The maximum absolute atomic E-state index is 11.8. The van der Waals surface area contributed by atoms with Gasteiger partial charge in [-0.2, -0.15) is 0 Å². The zero-order chi connectivity index (χ0) is 14.4. The Kier molecular flexibility index (Phi) is 5.79. The number of carbonyl (C=O) groups is 1. The van der Waals surface area contributed by atoms with E-state index >= 15 is 0 Å². The molecule has 5 nitrogen and oxygen atoms in total. The molecule has 1 rings (SSSR count). The Morgan fingerprint density at radius 2 is 2.16 bits per heavy atom. The fourth-order valence-electron chi connectivity index (χ4n) is 1.55. The van der Waals surface area contributed by atoms with Gasteiger partial charge < -0.3 is 15.2 Å². The highest BCUT2D eigenvalue weighted by molar-refractivity contribution is 5.81. The number of nitrogens with zero attached hydrogens (tertiary/aromatic N) is 1. The number of carbonyl (C=O) groups excluding carboxylic acids is 1. The number of ether oxygens (including phenoxy) is 1. The number of hydrogen-bond donors (Lipinski definition) is 2. The molecule has 1 aromatic carbocycles. The summed E-state index contributed by atoms with van der Waals surface area (Å²) in [6.45, 7) is 2.00. The van der Waals surface area contributed by atoms with E-state index in [-0.39, 0.29) is 18.5 Å². The van der Waals surface area contributed by atoms with Crippen LogP contribution in [0.5, 0.6) is 5.75 Å². The van der Waals surface area contributed by atoms with Crippen LogP contribution in [0.2, 0.25) is 0 Å².